The molecule has 0 spiro atoms. The van der Waals surface area contributed by atoms with E-state index >= 15 is 0 Å². The Labute approximate surface area is 140 Å². The molecule has 7 heteroatoms. The van der Waals surface area contributed by atoms with E-state index in [0.29, 0.717) is 5.69 Å². The molecule has 0 aliphatic heterocycles. The second-order valence-electron chi connectivity index (χ2n) is 5.97. The number of carbonyl (C=O) groups excluding carboxylic acids is 3. The van der Waals surface area contributed by atoms with Crippen LogP contribution in [0.25, 0.3) is 0 Å². The van der Waals surface area contributed by atoms with Gasteiger partial charge in [0, 0.05) is 22.3 Å². The van der Waals surface area contributed by atoms with Crippen molar-refractivity contribution in [2.45, 2.75) is 37.3 Å². The third-order valence-corrected chi connectivity index (χ3v) is 3.63. The van der Waals surface area contributed by atoms with E-state index < -0.39 is 5.91 Å². The summed E-state index contributed by atoms with van der Waals surface area (Å²) in [6, 6.07) is 7.54. The van der Waals surface area contributed by atoms with Crippen LogP contribution in [0.1, 0.15) is 27.7 Å². The lowest BCUT2D eigenvalue weighted by atomic mass is 10.3. The number of rotatable bonds is 6. The summed E-state index contributed by atoms with van der Waals surface area (Å²) in [7, 11) is 0. The molecule has 0 saturated heterocycles. The topological polar surface area (TPSA) is 87.3 Å². The Bertz CT molecular complexity index is 565. The van der Waals surface area contributed by atoms with Crippen LogP contribution in [-0.2, 0) is 14.4 Å². The van der Waals surface area contributed by atoms with Crippen molar-refractivity contribution in [2.75, 3.05) is 18.4 Å². The first-order chi connectivity index (χ1) is 10.7. The fourth-order valence-electron chi connectivity index (χ4n) is 1.61. The second-order valence-corrected chi connectivity index (χ2v) is 7.87. The highest BCUT2D eigenvalue weighted by Gasteiger charge is 2.12. The minimum atomic E-state index is -0.410. The molecule has 1 aromatic rings. The summed E-state index contributed by atoms with van der Waals surface area (Å²) in [5.41, 5.74) is 0.671. The maximum absolute atomic E-state index is 11.8. The smallest absolute Gasteiger partial charge is 0.243 e. The number of nitrogens with one attached hydrogen (secondary N) is 3. The van der Waals surface area contributed by atoms with E-state index in [1.807, 2.05) is 24.3 Å². The summed E-state index contributed by atoms with van der Waals surface area (Å²) >= 11 is 1.75. The minimum Gasteiger partial charge on any atom is -0.347 e. The summed E-state index contributed by atoms with van der Waals surface area (Å²) in [5, 5.41) is 7.49. The molecule has 0 aromatic heterocycles. The first-order valence-corrected chi connectivity index (χ1v) is 8.07. The number of benzene rings is 1. The van der Waals surface area contributed by atoms with Gasteiger partial charge in [-0.1, -0.05) is 20.8 Å². The molecule has 3 N–H and O–H groups in total. The van der Waals surface area contributed by atoms with Crippen LogP contribution in [0, 0.1) is 0 Å². The van der Waals surface area contributed by atoms with Crippen molar-refractivity contribution < 1.29 is 14.4 Å². The van der Waals surface area contributed by atoms with Crippen LogP contribution in [-0.4, -0.2) is 35.6 Å². The second kappa shape index (κ2) is 8.57. The predicted octanol–water partition coefficient (Wildman–Crippen LogP) is 1.77. The van der Waals surface area contributed by atoms with Gasteiger partial charge in [0.2, 0.25) is 17.7 Å². The van der Waals surface area contributed by atoms with E-state index in [1.54, 1.807) is 11.8 Å². The third-order valence-electron chi connectivity index (χ3n) is 2.51. The molecule has 1 aromatic carbocycles. The van der Waals surface area contributed by atoms with Gasteiger partial charge >= 0.3 is 0 Å². The molecule has 0 aliphatic rings. The molecule has 1 rings (SSSR count). The zero-order chi connectivity index (χ0) is 17.5. The van der Waals surface area contributed by atoms with Crippen LogP contribution in [0.15, 0.2) is 29.2 Å². The van der Waals surface area contributed by atoms with Crippen molar-refractivity contribution in [3.63, 3.8) is 0 Å². The Hall–Kier alpha value is -2.02. The SMILES string of the molecule is CC(=O)NCC(=O)NCC(=O)Nc1ccc(SC(C)(C)C)cc1. The summed E-state index contributed by atoms with van der Waals surface area (Å²) in [6.45, 7) is 7.45. The standard InChI is InChI=1S/C16H23N3O3S/c1-11(20)17-9-14(21)18-10-15(22)19-12-5-7-13(8-6-12)23-16(2,3)4/h5-8H,9-10H2,1-4H3,(H,17,20)(H,18,21)(H,19,22). The first kappa shape index (κ1) is 19.0. The lowest BCUT2D eigenvalue weighted by Crippen LogP contribution is -2.39. The van der Waals surface area contributed by atoms with Crippen LogP contribution < -0.4 is 16.0 Å². The van der Waals surface area contributed by atoms with Crippen molar-refractivity contribution in [1.82, 2.24) is 10.6 Å². The third kappa shape index (κ3) is 8.87. The summed E-state index contributed by atoms with van der Waals surface area (Å²) in [4.78, 5) is 34.9. The fraction of sp³-hybridized carbons (Fsp3) is 0.438. The van der Waals surface area contributed by atoms with Gasteiger partial charge in [-0.05, 0) is 24.3 Å². The highest BCUT2D eigenvalue weighted by molar-refractivity contribution is 8.00. The number of anilines is 1. The van der Waals surface area contributed by atoms with Crippen LogP contribution in [0.4, 0.5) is 5.69 Å². The molecule has 0 bridgehead atoms. The van der Waals surface area contributed by atoms with E-state index in [-0.39, 0.29) is 29.7 Å². The molecule has 3 amide bonds. The van der Waals surface area contributed by atoms with Crippen LogP contribution in [0.5, 0.6) is 0 Å². The molecule has 0 heterocycles. The lowest BCUT2D eigenvalue weighted by Gasteiger charge is -2.17. The molecule has 0 atom stereocenters. The quantitative estimate of drug-likeness (QED) is 0.691. The highest BCUT2D eigenvalue weighted by atomic mass is 32.2. The van der Waals surface area contributed by atoms with Gasteiger partial charge in [0.1, 0.15) is 0 Å². The number of thioether (sulfide) groups is 1. The minimum absolute atomic E-state index is 0.128. The number of carbonyl (C=O) groups is 3. The molecule has 126 valence electrons. The van der Waals surface area contributed by atoms with Crippen LogP contribution in [0.2, 0.25) is 0 Å². The predicted molar refractivity (Wildman–Crippen MR) is 92.4 cm³/mol. The van der Waals surface area contributed by atoms with Gasteiger partial charge in [0.25, 0.3) is 0 Å². The van der Waals surface area contributed by atoms with Gasteiger partial charge in [-0.2, -0.15) is 0 Å². The molecular weight excluding hydrogens is 314 g/mol. The summed E-state index contributed by atoms with van der Waals surface area (Å²) in [5.74, 6) is -1.03. The molecule has 0 radical (unpaired) electrons. The molecule has 0 fully saturated rings. The monoisotopic (exact) mass is 337 g/mol. The Morgan fingerprint density at radius 3 is 2.04 bits per heavy atom. The Morgan fingerprint density at radius 1 is 0.957 bits per heavy atom. The summed E-state index contributed by atoms with van der Waals surface area (Å²) < 4.78 is 0.128. The van der Waals surface area contributed by atoms with Crippen molar-refractivity contribution in [3.8, 4) is 0 Å². The van der Waals surface area contributed by atoms with Gasteiger partial charge < -0.3 is 16.0 Å². The molecular formula is C16H23N3O3S. The molecule has 0 unspecified atom stereocenters. The number of amides is 3. The largest absolute Gasteiger partial charge is 0.347 e. The number of hydrogen-bond acceptors (Lipinski definition) is 4. The van der Waals surface area contributed by atoms with Crippen molar-refractivity contribution in [3.05, 3.63) is 24.3 Å². The van der Waals surface area contributed by atoms with Crippen molar-refractivity contribution >= 4 is 35.2 Å². The van der Waals surface area contributed by atoms with Gasteiger partial charge in [0.15, 0.2) is 0 Å². The average Bonchev–Trinajstić information content (AvgIpc) is 2.43. The fourth-order valence-corrected chi connectivity index (χ4v) is 2.59. The maximum Gasteiger partial charge on any atom is 0.243 e. The summed E-state index contributed by atoms with van der Waals surface area (Å²) in [6.07, 6.45) is 0. The van der Waals surface area contributed by atoms with Crippen LogP contribution >= 0.6 is 11.8 Å². The molecule has 23 heavy (non-hydrogen) atoms. The van der Waals surface area contributed by atoms with E-state index in [1.165, 1.54) is 6.92 Å². The molecule has 0 saturated carbocycles. The van der Waals surface area contributed by atoms with E-state index in [4.69, 9.17) is 0 Å². The van der Waals surface area contributed by atoms with Gasteiger partial charge in [-0.3, -0.25) is 14.4 Å². The van der Waals surface area contributed by atoms with E-state index in [0.717, 1.165) is 4.90 Å². The Morgan fingerprint density at radius 2 is 1.52 bits per heavy atom. The molecule has 6 nitrogen and oxygen atoms in total. The molecule has 0 aliphatic carbocycles. The zero-order valence-corrected chi connectivity index (χ0v) is 14.7. The van der Waals surface area contributed by atoms with Crippen LogP contribution in [0.3, 0.4) is 0 Å². The first-order valence-electron chi connectivity index (χ1n) is 7.26. The lowest BCUT2D eigenvalue weighted by molar-refractivity contribution is -0.126. The maximum atomic E-state index is 11.8. The normalized spacial score (nSPS) is 10.8. The van der Waals surface area contributed by atoms with Crippen molar-refractivity contribution in [2.24, 2.45) is 0 Å². The van der Waals surface area contributed by atoms with Crippen molar-refractivity contribution in [1.29, 1.82) is 0 Å². The van der Waals surface area contributed by atoms with Gasteiger partial charge in [0.05, 0.1) is 13.1 Å². The van der Waals surface area contributed by atoms with Gasteiger partial charge in [-0.15, -0.1) is 11.8 Å². The van der Waals surface area contributed by atoms with E-state index in [2.05, 4.69) is 36.7 Å². The highest BCUT2D eigenvalue weighted by Crippen LogP contribution is 2.32. The number of hydrogen-bond donors (Lipinski definition) is 3. The Kier molecular flexibility index (Phi) is 7.09. The zero-order valence-electron chi connectivity index (χ0n) is 13.9. The Balaban J connectivity index is 2.39. The van der Waals surface area contributed by atoms with E-state index in [9.17, 15) is 14.4 Å². The average molecular weight is 337 g/mol. The van der Waals surface area contributed by atoms with Gasteiger partial charge in [-0.25, -0.2) is 0 Å².